The molecule has 0 aromatic heterocycles. The zero-order valence-electron chi connectivity index (χ0n) is 8.39. The van der Waals surface area contributed by atoms with Crippen LogP contribution in [0.1, 0.15) is 28.3 Å². The van der Waals surface area contributed by atoms with Crippen molar-refractivity contribution >= 4 is 5.78 Å². The highest BCUT2D eigenvalue weighted by Crippen LogP contribution is 2.58. The van der Waals surface area contributed by atoms with E-state index in [0.717, 1.165) is 5.56 Å². The van der Waals surface area contributed by atoms with E-state index in [2.05, 4.69) is 24.3 Å². The molecular weight excluding hydrogens is 184 g/mol. The largest absolute Gasteiger partial charge is 0.294 e. The minimum absolute atomic E-state index is 0.275. The van der Waals surface area contributed by atoms with E-state index >= 15 is 0 Å². The minimum atomic E-state index is 0.275. The summed E-state index contributed by atoms with van der Waals surface area (Å²) in [6.07, 6.45) is 5.78. The van der Waals surface area contributed by atoms with Gasteiger partial charge in [-0.05, 0) is 23.8 Å². The fourth-order valence-corrected chi connectivity index (χ4v) is 3.80. The number of carbonyl (C=O) groups excluding carboxylic acids is 1. The Balaban J connectivity index is 1.96. The standard InChI is InChI=1S/C14H12O/c15-14-11-4-2-1-3-10(11)12-8-5-6-9(7-8)13(12)14/h1-6,8-9,12-13H,7H2/t8-,9-,12-,13-/m0/s1. The van der Waals surface area contributed by atoms with Crippen molar-refractivity contribution in [3.8, 4) is 0 Å². The number of benzene rings is 1. The van der Waals surface area contributed by atoms with Gasteiger partial charge in [-0.1, -0.05) is 36.4 Å². The molecule has 0 unspecified atom stereocenters. The molecule has 0 aliphatic heterocycles. The molecular formula is C14H12O. The van der Waals surface area contributed by atoms with Crippen LogP contribution < -0.4 is 0 Å². The van der Waals surface area contributed by atoms with Gasteiger partial charge in [-0.2, -0.15) is 0 Å². The Labute approximate surface area is 88.8 Å². The van der Waals surface area contributed by atoms with Gasteiger partial charge >= 0.3 is 0 Å². The molecule has 74 valence electrons. The fourth-order valence-electron chi connectivity index (χ4n) is 3.80. The summed E-state index contributed by atoms with van der Waals surface area (Å²) in [5.41, 5.74) is 2.30. The molecule has 4 atom stereocenters. The van der Waals surface area contributed by atoms with Crippen LogP contribution in [0.2, 0.25) is 0 Å². The molecule has 0 heterocycles. The second kappa shape index (κ2) is 2.41. The molecule has 1 aromatic rings. The van der Waals surface area contributed by atoms with E-state index in [0.29, 0.717) is 23.5 Å². The smallest absolute Gasteiger partial charge is 0.167 e. The molecule has 0 spiro atoms. The van der Waals surface area contributed by atoms with Crippen molar-refractivity contribution in [2.75, 3.05) is 0 Å². The van der Waals surface area contributed by atoms with Gasteiger partial charge in [-0.25, -0.2) is 0 Å². The lowest BCUT2D eigenvalue weighted by atomic mass is 9.83. The van der Waals surface area contributed by atoms with E-state index in [-0.39, 0.29) is 5.92 Å². The lowest BCUT2D eigenvalue weighted by molar-refractivity contribution is 0.0911. The zero-order valence-corrected chi connectivity index (χ0v) is 8.39. The van der Waals surface area contributed by atoms with Crippen LogP contribution in [0.3, 0.4) is 0 Å². The Morgan fingerprint density at radius 2 is 1.73 bits per heavy atom. The van der Waals surface area contributed by atoms with Gasteiger partial charge in [-0.3, -0.25) is 4.79 Å². The van der Waals surface area contributed by atoms with Gasteiger partial charge in [0.05, 0.1) is 0 Å². The third kappa shape index (κ3) is 0.785. The molecule has 2 bridgehead atoms. The van der Waals surface area contributed by atoms with Crippen LogP contribution in [0, 0.1) is 17.8 Å². The summed E-state index contributed by atoms with van der Waals surface area (Å²) >= 11 is 0. The van der Waals surface area contributed by atoms with Crippen molar-refractivity contribution in [3.05, 3.63) is 47.5 Å². The highest BCUT2D eigenvalue weighted by atomic mass is 16.1. The lowest BCUT2D eigenvalue weighted by Gasteiger charge is -2.19. The van der Waals surface area contributed by atoms with E-state index in [4.69, 9.17) is 0 Å². The van der Waals surface area contributed by atoms with Crippen LogP contribution in [0.5, 0.6) is 0 Å². The molecule has 15 heavy (non-hydrogen) atoms. The van der Waals surface area contributed by atoms with Crippen molar-refractivity contribution < 1.29 is 4.79 Å². The molecule has 3 aliphatic rings. The molecule has 3 aliphatic carbocycles. The van der Waals surface area contributed by atoms with Crippen molar-refractivity contribution in [1.29, 1.82) is 0 Å². The van der Waals surface area contributed by atoms with Crippen LogP contribution in [-0.4, -0.2) is 5.78 Å². The molecule has 4 rings (SSSR count). The average molecular weight is 196 g/mol. The van der Waals surface area contributed by atoms with Crippen LogP contribution in [0.4, 0.5) is 0 Å². The maximum Gasteiger partial charge on any atom is 0.167 e. The number of allylic oxidation sites excluding steroid dienone is 2. The molecule has 0 saturated heterocycles. The molecule has 0 N–H and O–H groups in total. The predicted octanol–water partition coefficient (Wildman–Crippen LogP) is 2.79. The Morgan fingerprint density at radius 3 is 2.60 bits per heavy atom. The van der Waals surface area contributed by atoms with E-state index in [1.54, 1.807) is 0 Å². The zero-order chi connectivity index (χ0) is 9.99. The molecule has 0 amide bonds. The molecule has 1 heteroatoms. The quantitative estimate of drug-likeness (QED) is 0.583. The van der Waals surface area contributed by atoms with Gasteiger partial charge in [0, 0.05) is 17.4 Å². The summed E-state index contributed by atoms with van der Waals surface area (Å²) < 4.78 is 0. The van der Waals surface area contributed by atoms with E-state index in [1.807, 2.05) is 12.1 Å². The van der Waals surface area contributed by atoms with E-state index in [1.165, 1.54) is 12.0 Å². The summed E-state index contributed by atoms with van der Waals surface area (Å²) in [4.78, 5) is 12.2. The molecule has 1 saturated carbocycles. The molecule has 1 aromatic carbocycles. The summed E-state index contributed by atoms with van der Waals surface area (Å²) in [5.74, 6) is 2.33. The first-order valence-corrected chi connectivity index (χ1v) is 5.68. The molecule has 1 fully saturated rings. The number of carbonyl (C=O) groups is 1. The monoisotopic (exact) mass is 196 g/mol. The first-order valence-electron chi connectivity index (χ1n) is 5.68. The summed E-state index contributed by atoms with van der Waals surface area (Å²) in [7, 11) is 0. The SMILES string of the molecule is O=C1c2ccccc2[C@H]2[C@@H]1[C@H]1C=C[C@H]2C1. The fraction of sp³-hybridized carbons (Fsp3) is 0.357. The Morgan fingerprint density at radius 1 is 1.00 bits per heavy atom. The molecule has 1 nitrogen and oxygen atoms in total. The number of hydrogen-bond donors (Lipinski definition) is 0. The highest BCUT2D eigenvalue weighted by Gasteiger charge is 2.53. The second-order valence-electron chi connectivity index (χ2n) is 4.95. The first kappa shape index (κ1) is 7.86. The number of ketones is 1. The van der Waals surface area contributed by atoms with Gasteiger partial charge in [0.1, 0.15) is 0 Å². The molecule has 0 radical (unpaired) electrons. The number of Topliss-reactive ketones (excluding diaryl/α,β-unsaturated/α-hetero) is 1. The summed E-state index contributed by atoms with van der Waals surface area (Å²) in [5, 5.41) is 0. The Kier molecular flexibility index (Phi) is 1.26. The van der Waals surface area contributed by atoms with E-state index in [9.17, 15) is 4.79 Å². The van der Waals surface area contributed by atoms with Crippen LogP contribution in [0.15, 0.2) is 36.4 Å². The predicted molar refractivity (Wildman–Crippen MR) is 57.7 cm³/mol. The van der Waals surface area contributed by atoms with Crippen molar-refractivity contribution in [1.82, 2.24) is 0 Å². The number of rotatable bonds is 0. The maximum absolute atomic E-state index is 12.2. The normalized spacial score (nSPS) is 39.6. The average Bonchev–Trinajstić information content (AvgIpc) is 2.92. The van der Waals surface area contributed by atoms with E-state index < -0.39 is 0 Å². The lowest BCUT2D eigenvalue weighted by Crippen LogP contribution is -2.18. The van der Waals surface area contributed by atoms with Crippen LogP contribution in [0.25, 0.3) is 0 Å². The Bertz CT molecular complexity index is 486. The van der Waals surface area contributed by atoms with Crippen molar-refractivity contribution in [2.24, 2.45) is 17.8 Å². The number of fused-ring (bicyclic) bond motifs is 7. The van der Waals surface area contributed by atoms with Gasteiger partial charge in [0.25, 0.3) is 0 Å². The third-order valence-electron chi connectivity index (χ3n) is 4.35. The summed E-state index contributed by atoms with van der Waals surface area (Å²) in [6.45, 7) is 0. The van der Waals surface area contributed by atoms with Crippen molar-refractivity contribution in [2.45, 2.75) is 12.3 Å². The first-order chi connectivity index (χ1) is 7.36. The second-order valence-corrected chi connectivity index (χ2v) is 4.95. The topological polar surface area (TPSA) is 17.1 Å². The highest BCUT2D eigenvalue weighted by molar-refractivity contribution is 6.04. The Hall–Kier alpha value is -1.37. The van der Waals surface area contributed by atoms with Crippen LogP contribution >= 0.6 is 0 Å². The van der Waals surface area contributed by atoms with Gasteiger partial charge in [0.15, 0.2) is 5.78 Å². The maximum atomic E-state index is 12.2. The van der Waals surface area contributed by atoms with Gasteiger partial charge in [-0.15, -0.1) is 0 Å². The summed E-state index contributed by atoms with van der Waals surface area (Å²) in [6, 6.07) is 8.18. The minimum Gasteiger partial charge on any atom is -0.294 e. The van der Waals surface area contributed by atoms with Gasteiger partial charge < -0.3 is 0 Å². The number of hydrogen-bond acceptors (Lipinski definition) is 1. The van der Waals surface area contributed by atoms with Crippen LogP contribution in [-0.2, 0) is 0 Å². The van der Waals surface area contributed by atoms with Gasteiger partial charge in [0.2, 0.25) is 0 Å². The third-order valence-corrected chi connectivity index (χ3v) is 4.35. The van der Waals surface area contributed by atoms with Crippen molar-refractivity contribution in [3.63, 3.8) is 0 Å².